The van der Waals surface area contributed by atoms with Crippen molar-refractivity contribution in [2.45, 2.75) is 19.0 Å². The van der Waals surface area contributed by atoms with Gasteiger partial charge in [-0.15, -0.1) is 0 Å². The molecule has 1 aliphatic heterocycles. The fraction of sp³-hybridized carbons (Fsp3) is 0.200. The van der Waals surface area contributed by atoms with Gasteiger partial charge < -0.3 is 9.80 Å². The number of benzene rings is 3. The fourth-order valence-corrected chi connectivity index (χ4v) is 4.80. The van der Waals surface area contributed by atoms with Crippen LogP contribution in [-0.4, -0.2) is 60.4 Å². The van der Waals surface area contributed by atoms with Crippen molar-refractivity contribution in [3.8, 4) is 0 Å². The van der Waals surface area contributed by atoms with E-state index >= 15 is 0 Å². The van der Waals surface area contributed by atoms with E-state index in [2.05, 4.69) is 0 Å². The highest BCUT2D eigenvalue weighted by Crippen LogP contribution is 2.29. The zero-order valence-electron chi connectivity index (χ0n) is 21.3. The van der Waals surface area contributed by atoms with Crippen molar-refractivity contribution in [1.29, 1.82) is 0 Å². The van der Waals surface area contributed by atoms with Crippen LogP contribution >= 0.6 is 11.6 Å². The first kappa shape index (κ1) is 29.5. The van der Waals surface area contributed by atoms with E-state index in [9.17, 15) is 50.0 Å². The van der Waals surface area contributed by atoms with E-state index in [0.717, 1.165) is 36.4 Å². The van der Waals surface area contributed by atoms with Crippen LogP contribution in [0.2, 0.25) is 5.02 Å². The third-order valence-corrected chi connectivity index (χ3v) is 6.77. The molecule has 0 radical (unpaired) electrons. The highest BCUT2D eigenvalue weighted by Gasteiger charge is 2.35. The van der Waals surface area contributed by atoms with Crippen molar-refractivity contribution in [3.63, 3.8) is 0 Å². The predicted molar refractivity (Wildman–Crippen MR) is 145 cm³/mol. The van der Waals surface area contributed by atoms with E-state index in [1.54, 1.807) is 24.3 Å². The minimum absolute atomic E-state index is 0.0639. The molecule has 216 valence electrons. The van der Waals surface area contributed by atoms with E-state index in [-0.39, 0.29) is 37.2 Å². The van der Waals surface area contributed by atoms with Crippen molar-refractivity contribution in [3.05, 3.63) is 123 Å². The van der Waals surface area contributed by atoms with E-state index in [1.807, 2.05) is 0 Å². The lowest BCUT2D eigenvalue weighted by atomic mass is 10.1. The lowest BCUT2D eigenvalue weighted by molar-refractivity contribution is -0.394. The second-order valence-corrected chi connectivity index (χ2v) is 9.70. The van der Waals surface area contributed by atoms with Gasteiger partial charge in [-0.3, -0.25) is 50.0 Å². The summed E-state index contributed by atoms with van der Waals surface area (Å²) in [5, 5.41) is 45.7. The van der Waals surface area contributed by atoms with E-state index in [4.69, 9.17) is 11.6 Å². The van der Waals surface area contributed by atoms with Gasteiger partial charge in [-0.25, -0.2) is 0 Å². The van der Waals surface area contributed by atoms with Gasteiger partial charge >= 0.3 is 0 Å². The fourth-order valence-electron chi connectivity index (χ4n) is 4.59. The molecular formula is C25H19ClN6O10. The van der Waals surface area contributed by atoms with Gasteiger partial charge in [0.15, 0.2) is 0 Å². The summed E-state index contributed by atoms with van der Waals surface area (Å²) < 4.78 is 0. The molecule has 1 fully saturated rings. The van der Waals surface area contributed by atoms with Crippen molar-refractivity contribution >= 4 is 46.2 Å². The molecule has 3 aromatic carbocycles. The van der Waals surface area contributed by atoms with Gasteiger partial charge in [0.25, 0.3) is 34.6 Å². The number of amides is 2. The molecular weight excluding hydrogens is 580 g/mol. The van der Waals surface area contributed by atoms with Crippen molar-refractivity contribution in [2.24, 2.45) is 0 Å². The van der Waals surface area contributed by atoms with Crippen LogP contribution in [0, 0.1) is 40.5 Å². The summed E-state index contributed by atoms with van der Waals surface area (Å²) in [6.45, 7) is -0.113. The molecule has 0 aromatic heterocycles. The number of hydrogen-bond donors (Lipinski definition) is 0. The van der Waals surface area contributed by atoms with Gasteiger partial charge in [-0.2, -0.15) is 0 Å². The Morgan fingerprint density at radius 2 is 1.29 bits per heavy atom. The maximum Gasteiger partial charge on any atom is 0.277 e. The molecule has 17 heteroatoms. The molecule has 1 unspecified atom stereocenters. The Morgan fingerprint density at radius 1 is 0.786 bits per heavy atom. The number of hydrogen-bond acceptors (Lipinski definition) is 10. The smallest absolute Gasteiger partial charge is 0.277 e. The van der Waals surface area contributed by atoms with Crippen LogP contribution in [0.4, 0.5) is 22.7 Å². The van der Waals surface area contributed by atoms with Gasteiger partial charge in [0.2, 0.25) is 0 Å². The summed E-state index contributed by atoms with van der Waals surface area (Å²) in [4.78, 5) is 71.5. The number of nitro groups is 4. The Morgan fingerprint density at radius 3 is 1.76 bits per heavy atom. The molecule has 3 aromatic rings. The topological polar surface area (TPSA) is 213 Å². The van der Waals surface area contributed by atoms with Crippen LogP contribution in [0.15, 0.2) is 60.7 Å². The quantitative estimate of drug-likeness (QED) is 0.248. The average Bonchev–Trinajstić information content (AvgIpc) is 3.44. The third-order valence-electron chi connectivity index (χ3n) is 6.54. The largest absolute Gasteiger partial charge is 0.336 e. The van der Waals surface area contributed by atoms with Gasteiger partial charge in [0, 0.05) is 48.9 Å². The number of likely N-dealkylation sites (tertiary alicyclic amines) is 1. The molecule has 4 rings (SSSR count). The number of nitro benzene ring substituents is 4. The molecule has 1 heterocycles. The number of carbonyl (C=O) groups is 2. The number of non-ortho nitro benzene ring substituents is 4. The molecule has 1 atom stereocenters. The monoisotopic (exact) mass is 598 g/mol. The van der Waals surface area contributed by atoms with Crippen LogP contribution in [0.25, 0.3) is 0 Å². The van der Waals surface area contributed by atoms with E-state index < -0.39 is 60.3 Å². The Bertz CT molecular complexity index is 1580. The first-order valence-electron chi connectivity index (χ1n) is 12.1. The Kier molecular flexibility index (Phi) is 8.37. The van der Waals surface area contributed by atoms with Gasteiger partial charge in [-0.1, -0.05) is 23.7 Å². The van der Waals surface area contributed by atoms with Crippen LogP contribution in [0.5, 0.6) is 0 Å². The second kappa shape index (κ2) is 11.9. The molecule has 16 nitrogen and oxygen atoms in total. The van der Waals surface area contributed by atoms with Crippen molar-refractivity contribution < 1.29 is 29.3 Å². The van der Waals surface area contributed by atoms with Gasteiger partial charge in [-0.05, 0) is 24.1 Å². The lowest BCUT2D eigenvalue weighted by Crippen LogP contribution is -2.42. The summed E-state index contributed by atoms with van der Waals surface area (Å²) in [5.74, 6) is -1.53. The summed E-state index contributed by atoms with van der Waals surface area (Å²) >= 11 is 6.10. The summed E-state index contributed by atoms with van der Waals surface area (Å²) in [7, 11) is 0. The van der Waals surface area contributed by atoms with Crippen LogP contribution in [-0.2, 0) is 6.54 Å². The standard InChI is InChI=1S/C25H19ClN6O10/c26-18-3-1-2-15(6-18)13-28(25(34)17-9-22(31(39)40)12-23(10-17)32(41)42)19-4-5-27(14-19)24(33)16-7-20(29(35)36)11-21(8-16)30(37)38/h1-3,6-12,19H,4-5,13-14H2. The molecule has 0 N–H and O–H groups in total. The summed E-state index contributed by atoms with van der Waals surface area (Å²) in [6.07, 6.45) is 0.200. The number of rotatable bonds is 9. The van der Waals surface area contributed by atoms with Crippen LogP contribution < -0.4 is 0 Å². The van der Waals surface area contributed by atoms with Gasteiger partial charge in [0.1, 0.15) is 0 Å². The van der Waals surface area contributed by atoms with Crippen molar-refractivity contribution in [1.82, 2.24) is 9.80 Å². The molecule has 0 aliphatic carbocycles. The van der Waals surface area contributed by atoms with Crippen LogP contribution in [0.3, 0.4) is 0 Å². The zero-order valence-corrected chi connectivity index (χ0v) is 22.1. The molecule has 1 saturated heterocycles. The minimum Gasteiger partial charge on any atom is -0.336 e. The third kappa shape index (κ3) is 6.44. The van der Waals surface area contributed by atoms with E-state index in [0.29, 0.717) is 10.6 Å². The normalized spacial score (nSPS) is 14.3. The van der Waals surface area contributed by atoms with Gasteiger partial charge in [0.05, 0.1) is 49.0 Å². The predicted octanol–water partition coefficient (Wildman–Crippen LogP) is 4.53. The number of nitrogens with zero attached hydrogens (tertiary/aromatic N) is 6. The highest BCUT2D eigenvalue weighted by molar-refractivity contribution is 6.30. The zero-order chi connectivity index (χ0) is 30.7. The maximum atomic E-state index is 13.8. The molecule has 1 aliphatic rings. The van der Waals surface area contributed by atoms with Crippen LogP contribution in [0.1, 0.15) is 32.7 Å². The number of carbonyl (C=O) groups excluding carboxylic acids is 2. The first-order chi connectivity index (χ1) is 19.8. The molecule has 0 bridgehead atoms. The van der Waals surface area contributed by atoms with E-state index in [1.165, 1.54) is 9.80 Å². The first-order valence-corrected chi connectivity index (χ1v) is 12.4. The second-order valence-electron chi connectivity index (χ2n) is 9.26. The Labute approximate surface area is 240 Å². The molecule has 0 saturated carbocycles. The maximum absolute atomic E-state index is 13.8. The average molecular weight is 599 g/mol. The summed E-state index contributed by atoms with van der Waals surface area (Å²) in [6, 6.07) is 10.9. The highest BCUT2D eigenvalue weighted by atomic mass is 35.5. The van der Waals surface area contributed by atoms with Crippen molar-refractivity contribution in [2.75, 3.05) is 13.1 Å². The number of halogens is 1. The Hall–Kier alpha value is -5.51. The Balaban J connectivity index is 1.68. The molecule has 2 amide bonds. The SMILES string of the molecule is O=C(c1cc([N+](=O)[O-])cc([N+](=O)[O-])c1)N1CCC(N(Cc2cccc(Cl)c2)C(=O)c2cc([N+](=O)[O-])cc([N+](=O)[O-])c2)C1. The molecule has 42 heavy (non-hydrogen) atoms. The molecule has 0 spiro atoms. The summed E-state index contributed by atoms with van der Waals surface area (Å²) in [5.41, 5.74) is -2.66. The minimum atomic E-state index is -0.862. The lowest BCUT2D eigenvalue weighted by Gasteiger charge is -2.29.